The van der Waals surface area contributed by atoms with E-state index in [9.17, 15) is 4.39 Å². The summed E-state index contributed by atoms with van der Waals surface area (Å²) >= 11 is 0. The Kier molecular flexibility index (Phi) is 3.22. The maximum Gasteiger partial charge on any atom is 0.127 e. The topological polar surface area (TPSA) is 44.5 Å². The van der Waals surface area contributed by atoms with Crippen molar-refractivity contribution in [3.63, 3.8) is 0 Å². The zero-order chi connectivity index (χ0) is 9.84. The second-order valence-corrected chi connectivity index (χ2v) is 2.70. The number of hydrogen-bond donors (Lipinski definition) is 1. The van der Waals surface area contributed by atoms with Crippen molar-refractivity contribution in [2.75, 3.05) is 7.11 Å². The molecule has 0 aliphatic carbocycles. The molecule has 0 aromatic heterocycles. The van der Waals surface area contributed by atoms with Crippen LogP contribution in [-0.2, 0) is 11.4 Å². The van der Waals surface area contributed by atoms with Crippen molar-refractivity contribution in [3.05, 3.63) is 29.1 Å². The van der Waals surface area contributed by atoms with E-state index in [-0.39, 0.29) is 12.4 Å². The first-order valence-electron chi connectivity index (χ1n) is 3.83. The summed E-state index contributed by atoms with van der Waals surface area (Å²) < 4.78 is 17.9. The van der Waals surface area contributed by atoms with Crippen LogP contribution < -0.4 is 10.6 Å². The minimum absolute atomic E-state index is 0.181. The minimum Gasteiger partial charge on any atom is -0.496 e. The van der Waals surface area contributed by atoms with E-state index in [1.165, 1.54) is 19.2 Å². The highest BCUT2D eigenvalue weighted by atomic mass is 19.1. The van der Waals surface area contributed by atoms with Gasteiger partial charge in [0.2, 0.25) is 0 Å². The summed E-state index contributed by atoms with van der Waals surface area (Å²) in [7, 11) is 1.49. The van der Waals surface area contributed by atoms with Crippen LogP contribution >= 0.6 is 0 Å². The third-order valence-electron chi connectivity index (χ3n) is 1.89. The lowest BCUT2D eigenvalue weighted by Gasteiger charge is -2.09. The second kappa shape index (κ2) is 4.20. The summed E-state index contributed by atoms with van der Waals surface area (Å²) in [6.45, 7) is 2.01. The Morgan fingerprint density at radius 2 is 2.15 bits per heavy atom. The molecular formula is C9H12FNO2. The molecule has 0 saturated carbocycles. The Labute approximate surface area is 76.2 Å². The van der Waals surface area contributed by atoms with E-state index in [2.05, 4.69) is 4.84 Å². The van der Waals surface area contributed by atoms with E-state index in [4.69, 9.17) is 10.6 Å². The molecule has 0 aliphatic heterocycles. The van der Waals surface area contributed by atoms with Crippen molar-refractivity contribution < 1.29 is 14.0 Å². The maximum absolute atomic E-state index is 12.9. The summed E-state index contributed by atoms with van der Waals surface area (Å²) in [5.41, 5.74) is 1.54. The van der Waals surface area contributed by atoms with Crippen LogP contribution in [0.3, 0.4) is 0 Å². The van der Waals surface area contributed by atoms with Crippen LogP contribution in [0.2, 0.25) is 0 Å². The van der Waals surface area contributed by atoms with Crippen molar-refractivity contribution in [1.29, 1.82) is 0 Å². The monoisotopic (exact) mass is 185 g/mol. The average molecular weight is 185 g/mol. The first-order chi connectivity index (χ1) is 6.19. The highest BCUT2D eigenvalue weighted by Gasteiger charge is 2.07. The number of benzene rings is 1. The van der Waals surface area contributed by atoms with Crippen molar-refractivity contribution in [2.24, 2.45) is 5.90 Å². The third-order valence-corrected chi connectivity index (χ3v) is 1.89. The van der Waals surface area contributed by atoms with Gasteiger partial charge in [-0.3, -0.25) is 4.84 Å². The highest BCUT2D eigenvalue weighted by molar-refractivity contribution is 5.39. The maximum atomic E-state index is 12.9. The minimum atomic E-state index is -0.352. The molecule has 0 heterocycles. The number of methoxy groups -OCH3 is 1. The Morgan fingerprint density at radius 3 is 2.69 bits per heavy atom. The van der Waals surface area contributed by atoms with Gasteiger partial charge in [0.15, 0.2) is 0 Å². The quantitative estimate of drug-likeness (QED) is 0.726. The summed E-state index contributed by atoms with van der Waals surface area (Å²) in [6, 6.07) is 2.71. The molecule has 3 nitrogen and oxygen atoms in total. The summed E-state index contributed by atoms with van der Waals surface area (Å²) in [6.07, 6.45) is 0. The molecule has 2 N–H and O–H groups in total. The molecular weight excluding hydrogens is 173 g/mol. The van der Waals surface area contributed by atoms with Gasteiger partial charge in [-0.05, 0) is 24.1 Å². The molecule has 0 saturated heterocycles. The predicted molar refractivity (Wildman–Crippen MR) is 46.7 cm³/mol. The molecule has 0 fully saturated rings. The summed E-state index contributed by atoms with van der Waals surface area (Å²) in [5, 5.41) is 0. The van der Waals surface area contributed by atoms with E-state index in [1.54, 1.807) is 0 Å². The van der Waals surface area contributed by atoms with Crippen molar-refractivity contribution in [1.82, 2.24) is 0 Å². The molecule has 1 rings (SSSR count). The van der Waals surface area contributed by atoms with Crippen LogP contribution in [0.1, 0.15) is 11.1 Å². The lowest BCUT2D eigenvalue weighted by molar-refractivity contribution is 0.123. The summed E-state index contributed by atoms with van der Waals surface area (Å²) in [5.74, 6) is 5.06. The Bertz CT molecular complexity index is 302. The van der Waals surface area contributed by atoms with Crippen LogP contribution in [0, 0.1) is 12.7 Å². The lowest BCUT2D eigenvalue weighted by Crippen LogP contribution is -2.02. The van der Waals surface area contributed by atoms with Crippen LogP contribution in [-0.4, -0.2) is 7.11 Å². The van der Waals surface area contributed by atoms with Crippen LogP contribution in [0.4, 0.5) is 4.39 Å². The van der Waals surface area contributed by atoms with E-state index in [1.807, 2.05) is 6.92 Å². The molecule has 0 amide bonds. The van der Waals surface area contributed by atoms with Gasteiger partial charge in [-0.25, -0.2) is 10.3 Å². The smallest absolute Gasteiger partial charge is 0.127 e. The number of halogens is 1. The zero-order valence-electron chi connectivity index (χ0n) is 7.63. The van der Waals surface area contributed by atoms with Gasteiger partial charge >= 0.3 is 0 Å². The lowest BCUT2D eigenvalue weighted by atomic mass is 10.1. The van der Waals surface area contributed by atoms with Gasteiger partial charge in [-0.2, -0.15) is 0 Å². The van der Waals surface area contributed by atoms with Gasteiger partial charge in [0.1, 0.15) is 11.6 Å². The van der Waals surface area contributed by atoms with Crippen LogP contribution in [0.25, 0.3) is 0 Å². The zero-order valence-corrected chi connectivity index (χ0v) is 7.63. The standard InChI is InChI=1S/C9H12FNO2/c1-6-7(5-13-11)3-8(10)4-9(6)12-2/h3-4H,5,11H2,1-2H3. The van der Waals surface area contributed by atoms with Gasteiger partial charge < -0.3 is 4.74 Å². The van der Waals surface area contributed by atoms with Gasteiger partial charge in [-0.1, -0.05) is 0 Å². The average Bonchev–Trinajstić information content (AvgIpc) is 2.11. The fourth-order valence-corrected chi connectivity index (χ4v) is 1.16. The highest BCUT2D eigenvalue weighted by Crippen LogP contribution is 2.23. The summed E-state index contributed by atoms with van der Waals surface area (Å²) in [4.78, 5) is 4.44. The normalized spacial score (nSPS) is 10.2. The third kappa shape index (κ3) is 2.17. The largest absolute Gasteiger partial charge is 0.496 e. The second-order valence-electron chi connectivity index (χ2n) is 2.70. The fourth-order valence-electron chi connectivity index (χ4n) is 1.16. The van der Waals surface area contributed by atoms with E-state index < -0.39 is 0 Å². The number of rotatable bonds is 3. The molecule has 0 radical (unpaired) electrons. The van der Waals surface area contributed by atoms with Gasteiger partial charge in [0.05, 0.1) is 13.7 Å². The Morgan fingerprint density at radius 1 is 1.46 bits per heavy atom. The van der Waals surface area contributed by atoms with Gasteiger partial charge in [0.25, 0.3) is 0 Å². The number of ether oxygens (including phenoxy) is 1. The Hall–Kier alpha value is -1.13. The van der Waals surface area contributed by atoms with Crippen molar-refractivity contribution >= 4 is 0 Å². The molecule has 1 aromatic carbocycles. The van der Waals surface area contributed by atoms with Gasteiger partial charge in [0, 0.05) is 6.07 Å². The first kappa shape index (κ1) is 9.95. The van der Waals surface area contributed by atoms with Crippen molar-refractivity contribution in [2.45, 2.75) is 13.5 Å². The van der Waals surface area contributed by atoms with Gasteiger partial charge in [-0.15, -0.1) is 0 Å². The fraction of sp³-hybridized carbons (Fsp3) is 0.333. The van der Waals surface area contributed by atoms with E-state index in [0.29, 0.717) is 11.3 Å². The SMILES string of the molecule is COc1cc(F)cc(CON)c1C. The molecule has 0 bridgehead atoms. The van der Waals surface area contributed by atoms with Crippen LogP contribution in [0.15, 0.2) is 12.1 Å². The van der Waals surface area contributed by atoms with E-state index >= 15 is 0 Å². The number of nitrogens with two attached hydrogens (primary N) is 1. The molecule has 4 heteroatoms. The van der Waals surface area contributed by atoms with E-state index in [0.717, 1.165) is 5.56 Å². The molecule has 0 aliphatic rings. The molecule has 0 unspecified atom stereocenters. The molecule has 13 heavy (non-hydrogen) atoms. The molecule has 0 atom stereocenters. The van der Waals surface area contributed by atoms with Crippen molar-refractivity contribution in [3.8, 4) is 5.75 Å². The molecule has 72 valence electrons. The molecule has 1 aromatic rings. The van der Waals surface area contributed by atoms with Crippen LogP contribution in [0.5, 0.6) is 5.75 Å². The number of hydrogen-bond acceptors (Lipinski definition) is 3. The molecule has 0 spiro atoms. The predicted octanol–water partition coefficient (Wildman–Crippen LogP) is 1.53. The Balaban J connectivity index is 3.11. The first-order valence-corrected chi connectivity index (χ1v) is 3.83.